The van der Waals surface area contributed by atoms with Crippen molar-refractivity contribution >= 4 is 28.7 Å². The second-order valence-corrected chi connectivity index (χ2v) is 5.77. The number of carbonyl (C=O) groups excluding carboxylic acids is 2. The van der Waals surface area contributed by atoms with Crippen molar-refractivity contribution in [3.63, 3.8) is 0 Å². The lowest BCUT2D eigenvalue weighted by atomic mass is 10.1. The van der Waals surface area contributed by atoms with Crippen LogP contribution in [-0.2, 0) is 11.3 Å². The molecule has 2 heterocycles. The Hall–Kier alpha value is -2.21. The van der Waals surface area contributed by atoms with E-state index in [9.17, 15) is 9.59 Å². The smallest absolute Gasteiger partial charge is 0.299 e. The summed E-state index contributed by atoms with van der Waals surface area (Å²) in [6.45, 7) is 2.28. The summed E-state index contributed by atoms with van der Waals surface area (Å²) in [4.78, 5) is 30.7. The van der Waals surface area contributed by atoms with Crippen molar-refractivity contribution in [3.05, 3.63) is 39.8 Å². The molecule has 0 aliphatic carbocycles. The summed E-state index contributed by atoms with van der Waals surface area (Å²) >= 11 is 1.52. The Kier molecular flexibility index (Phi) is 3.02. The second-order valence-electron chi connectivity index (χ2n) is 4.45. The molecule has 1 aliphatic heterocycles. The van der Waals surface area contributed by atoms with Gasteiger partial charge in [0.15, 0.2) is 0 Å². The third-order valence-electron chi connectivity index (χ3n) is 3.16. The summed E-state index contributed by atoms with van der Waals surface area (Å²) in [5, 5.41) is 0.938. The lowest BCUT2D eigenvalue weighted by Gasteiger charge is -2.15. The summed E-state index contributed by atoms with van der Waals surface area (Å²) in [7, 11) is 1.53. The number of carbonyl (C=O) groups is 2. The van der Waals surface area contributed by atoms with Gasteiger partial charge in [0.1, 0.15) is 5.75 Å². The van der Waals surface area contributed by atoms with Crippen LogP contribution in [0.4, 0.5) is 5.69 Å². The van der Waals surface area contributed by atoms with Gasteiger partial charge in [-0.05, 0) is 25.1 Å². The predicted molar refractivity (Wildman–Crippen MR) is 75.4 cm³/mol. The Balaban J connectivity index is 1.98. The first kappa shape index (κ1) is 12.8. The lowest BCUT2D eigenvalue weighted by molar-refractivity contribution is -0.114. The number of ether oxygens (including phenoxy) is 1. The molecule has 102 valence electrons. The average molecular weight is 288 g/mol. The molecule has 0 radical (unpaired) electrons. The fourth-order valence-corrected chi connectivity index (χ4v) is 2.98. The zero-order valence-electron chi connectivity index (χ0n) is 11.0. The minimum Gasteiger partial charge on any atom is -0.497 e. The maximum atomic E-state index is 12.1. The monoisotopic (exact) mass is 288 g/mol. The number of nitrogens with zero attached hydrogens (tertiary/aromatic N) is 2. The Morgan fingerprint density at radius 3 is 2.80 bits per heavy atom. The highest BCUT2D eigenvalue weighted by atomic mass is 32.1. The van der Waals surface area contributed by atoms with E-state index in [-0.39, 0.29) is 0 Å². The maximum Gasteiger partial charge on any atom is 0.299 e. The van der Waals surface area contributed by atoms with Crippen LogP contribution < -0.4 is 9.64 Å². The fraction of sp³-hybridized carbons (Fsp3) is 0.214. The van der Waals surface area contributed by atoms with Gasteiger partial charge in [-0.3, -0.25) is 14.5 Å². The van der Waals surface area contributed by atoms with E-state index in [4.69, 9.17) is 4.74 Å². The number of fused-ring (bicyclic) bond motifs is 1. The van der Waals surface area contributed by atoms with Crippen LogP contribution in [0.15, 0.2) is 24.4 Å². The molecule has 0 saturated carbocycles. The van der Waals surface area contributed by atoms with Crippen molar-refractivity contribution in [1.29, 1.82) is 0 Å². The van der Waals surface area contributed by atoms with E-state index in [0.29, 0.717) is 23.5 Å². The molecule has 1 aromatic heterocycles. The number of hydrogen-bond acceptors (Lipinski definition) is 5. The van der Waals surface area contributed by atoms with Crippen molar-refractivity contribution in [1.82, 2.24) is 4.98 Å². The summed E-state index contributed by atoms with van der Waals surface area (Å²) in [5.41, 5.74) is 1.03. The molecular weight excluding hydrogens is 276 g/mol. The molecule has 0 N–H and O–H groups in total. The molecule has 0 saturated heterocycles. The Morgan fingerprint density at radius 1 is 1.35 bits per heavy atom. The first-order valence-electron chi connectivity index (χ1n) is 6.05. The number of aromatic nitrogens is 1. The maximum absolute atomic E-state index is 12.1. The van der Waals surface area contributed by atoms with Gasteiger partial charge in [-0.25, -0.2) is 4.98 Å². The number of rotatable bonds is 3. The standard InChI is InChI=1S/C14H12N2O3S/c1-8-15-6-10(20-8)7-16-12-4-3-9(19-2)5-11(12)13(17)14(16)18/h3-6H,7H2,1-2H3. The number of benzene rings is 1. The van der Waals surface area contributed by atoms with Gasteiger partial charge in [0.05, 0.1) is 29.9 Å². The minimum absolute atomic E-state index is 0.370. The SMILES string of the molecule is COc1ccc2c(c1)C(=O)C(=O)N2Cc1cnc(C)s1. The van der Waals surface area contributed by atoms with Gasteiger partial charge in [0.2, 0.25) is 0 Å². The Labute approximate surface area is 119 Å². The van der Waals surface area contributed by atoms with Crippen molar-refractivity contribution in [2.24, 2.45) is 0 Å². The van der Waals surface area contributed by atoms with E-state index in [2.05, 4.69) is 4.98 Å². The van der Waals surface area contributed by atoms with Crippen LogP contribution in [0.1, 0.15) is 20.2 Å². The summed E-state index contributed by atoms with van der Waals surface area (Å²) in [5.74, 6) is -0.417. The molecule has 0 atom stereocenters. The Morgan fingerprint density at radius 2 is 2.15 bits per heavy atom. The highest BCUT2D eigenvalue weighted by Crippen LogP contribution is 2.33. The number of hydrogen-bond donors (Lipinski definition) is 0. The number of thiazole rings is 1. The highest BCUT2D eigenvalue weighted by Gasteiger charge is 2.36. The van der Waals surface area contributed by atoms with Crippen LogP contribution in [0.25, 0.3) is 0 Å². The molecule has 0 fully saturated rings. The molecule has 1 amide bonds. The van der Waals surface area contributed by atoms with Gasteiger partial charge in [0, 0.05) is 11.1 Å². The number of aryl methyl sites for hydroxylation is 1. The van der Waals surface area contributed by atoms with Gasteiger partial charge in [-0.2, -0.15) is 0 Å². The van der Waals surface area contributed by atoms with E-state index >= 15 is 0 Å². The number of anilines is 1. The summed E-state index contributed by atoms with van der Waals surface area (Å²) in [6, 6.07) is 5.09. The molecule has 3 rings (SSSR count). The van der Waals surface area contributed by atoms with Crippen LogP contribution >= 0.6 is 11.3 Å². The number of Topliss-reactive ketones (excluding diaryl/α,β-unsaturated/α-hetero) is 1. The molecule has 6 heteroatoms. The third kappa shape index (κ3) is 1.98. The van der Waals surface area contributed by atoms with Gasteiger partial charge in [0.25, 0.3) is 11.7 Å². The summed E-state index contributed by atoms with van der Waals surface area (Å²) < 4.78 is 5.09. The van der Waals surface area contributed by atoms with Gasteiger partial charge in [-0.1, -0.05) is 0 Å². The predicted octanol–water partition coefficient (Wildman–Crippen LogP) is 2.19. The first-order chi connectivity index (χ1) is 9.60. The number of methoxy groups -OCH3 is 1. The topological polar surface area (TPSA) is 59.5 Å². The summed E-state index contributed by atoms with van der Waals surface area (Å²) in [6.07, 6.45) is 1.74. The normalized spacial score (nSPS) is 13.8. The molecule has 0 spiro atoms. The van der Waals surface area contributed by atoms with Crippen molar-refractivity contribution in [2.45, 2.75) is 13.5 Å². The molecule has 0 unspecified atom stereocenters. The molecule has 1 aliphatic rings. The largest absolute Gasteiger partial charge is 0.497 e. The molecule has 5 nitrogen and oxygen atoms in total. The van der Waals surface area contributed by atoms with Crippen LogP contribution in [0, 0.1) is 6.92 Å². The van der Waals surface area contributed by atoms with Crippen LogP contribution in [-0.4, -0.2) is 23.8 Å². The Bertz CT molecular complexity index is 708. The van der Waals surface area contributed by atoms with Crippen molar-refractivity contribution < 1.29 is 14.3 Å². The van der Waals surface area contributed by atoms with E-state index in [1.165, 1.54) is 23.3 Å². The van der Waals surface area contributed by atoms with E-state index in [1.54, 1.807) is 24.4 Å². The van der Waals surface area contributed by atoms with E-state index in [0.717, 1.165) is 9.88 Å². The minimum atomic E-state index is -0.501. The van der Waals surface area contributed by atoms with E-state index in [1.807, 2.05) is 6.92 Å². The van der Waals surface area contributed by atoms with Crippen molar-refractivity contribution in [2.75, 3.05) is 12.0 Å². The fourth-order valence-electron chi connectivity index (χ4n) is 2.20. The third-order valence-corrected chi connectivity index (χ3v) is 4.06. The van der Waals surface area contributed by atoms with Gasteiger partial charge in [-0.15, -0.1) is 11.3 Å². The molecule has 0 bridgehead atoms. The van der Waals surface area contributed by atoms with E-state index < -0.39 is 11.7 Å². The molecule has 20 heavy (non-hydrogen) atoms. The highest BCUT2D eigenvalue weighted by molar-refractivity contribution is 7.11. The van der Waals surface area contributed by atoms with Crippen LogP contribution in [0.2, 0.25) is 0 Å². The zero-order chi connectivity index (χ0) is 14.3. The lowest BCUT2D eigenvalue weighted by Crippen LogP contribution is -2.28. The average Bonchev–Trinajstić information content (AvgIpc) is 2.96. The molecule has 2 aromatic rings. The van der Waals surface area contributed by atoms with Gasteiger partial charge < -0.3 is 4.74 Å². The molecular formula is C14H12N2O3S. The van der Waals surface area contributed by atoms with Crippen molar-refractivity contribution in [3.8, 4) is 5.75 Å². The molecule has 1 aromatic carbocycles. The zero-order valence-corrected chi connectivity index (χ0v) is 11.9. The quantitative estimate of drug-likeness (QED) is 0.812. The van der Waals surface area contributed by atoms with Gasteiger partial charge >= 0.3 is 0 Å². The second kappa shape index (κ2) is 4.72. The first-order valence-corrected chi connectivity index (χ1v) is 6.87. The van der Waals surface area contributed by atoms with Crippen LogP contribution in [0.5, 0.6) is 5.75 Å². The number of amides is 1. The van der Waals surface area contributed by atoms with Crippen LogP contribution in [0.3, 0.4) is 0 Å². The number of ketones is 1.